The zero-order valence-corrected chi connectivity index (χ0v) is 10.8. The molecule has 0 unspecified atom stereocenters. The summed E-state index contributed by atoms with van der Waals surface area (Å²) in [5, 5.41) is 11.8. The molecule has 2 aromatic rings. The first-order valence-corrected chi connectivity index (χ1v) is 6.84. The number of rotatable bonds is 5. The maximum absolute atomic E-state index is 8.48. The second kappa shape index (κ2) is 6.87. The van der Waals surface area contributed by atoms with E-state index in [9.17, 15) is 0 Å². The first-order chi connectivity index (χ1) is 8.92. The van der Waals surface area contributed by atoms with Gasteiger partial charge in [0.15, 0.2) is 0 Å². The molecule has 2 rings (SSSR count). The van der Waals surface area contributed by atoms with Gasteiger partial charge in [0.2, 0.25) is 0 Å². The van der Waals surface area contributed by atoms with E-state index in [-0.39, 0.29) is 5.25 Å². The molecule has 0 heterocycles. The van der Waals surface area contributed by atoms with Gasteiger partial charge in [0.05, 0.1) is 11.5 Å². The molecule has 0 radical (unpaired) electrons. The highest BCUT2D eigenvalue weighted by Crippen LogP contribution is 2.34. The van der Waals surface area contributed by atoms with E-state index in [0.717, 1.165) is 0 Å². The summed E-state index contributed by atoms with van der Waals surface area (Å²) >= 11 is 1.74. The summed E-state index contributed by atoms with van der Waals surface area (Å²) in [5.41, 5.74) is 2.53. The maximum atomic E-state index is 8.48. The smallest absolute Gasteiger partial charge is 0.0550 e. The average Bonchev–Trinajstić information content (AvgIpc) is 2.46. The number of thioether (sulfide) groups is 1. The highest BCUT2D eigenvalue weighted by atomic mass is 32.2. The molecule has 0 aliphatic heterocycles. The lowest BCUT2D eigenvalue weighted by molar-refractivity contribution is 0.321. The Morgan fingerprint density at radius 2 is 1.44 bits per heavy atom. The van der Waals surface area contributed by atoms with Gasteiger partial charge in [-0.05, 0) is 11.1 Å². The van der Waals surface area contributed by atoms with Crippen LogP contribution in [0.25, 0.3) is 0 Å². The topological polar surface area (TPSA) is 32.6 Å². The van der Waals surface area contributed by atoms with Crippen LogP contribution in [0.15, 0.2) is 65.8 Å². The minimum Gasteiger partial charge on any atom is -0.411 e. The van der Waals surface area contributed by atoms with Crippen molar-refractivity contribution in [3.63, 3.8) is 0 Å². The molecule has 3 heteroatoms. The third-order valence-electron chi connectivity index (χ3n) is 2.62. The van der Waals surface area contributed by atoms with Crippen LogP contribution in [0.5, 0.6) is 0 Å². The summed E-state index contributed by atoms with van der Waals surface area (Å²) in [6.07, 6.45) is 1.52. The van der Waals surface area contributed by atoms with E-state index in [1.807, 2.05) is 36.4 Å². The van der Waals surface area contributed by atoms with Gasteiger partial charge in [-0.2, -0.15) is 0 Å². The summed E-state index contributed by atoms with van der Waals surface area (Å²) in [5.74, 6) is 0.685. The third-order valence-corrected chi connectivity index (χ3v) is 3.84. The van der Waals surface area contributed by atoms with Crippen LogP contribution in [0.2, 0.25) is 0 Å². The van der Waals surface area contributed by atoms with Crippen molar-refractivity contribution in [2.75, 3.05) is 5.75 Å². The predicted octanol–water partition coefficient (Wildman–Crippen LogP) is 3.97. The van der Waals surface area contributed by atoms with E-state index >= 15 is 0 Å². The molecular formula is C15H15NOS. The van der Waals surface area contributed by atoms with E-state index in [1.54, 1.807) is 11.8 Å². The van der Waals surface area contributed by atoms with Crippen LogP contribution in [-0.2, 0) is 0 Å². The Morgan fingerprint density at radius 1 is 0.944 bits per heavy atom. The van der Waals surface area contributed by atoms with Crippen molar-refractivity contribution in [1.29, 1.82) is 0 Å². The van der Waals surface area contributed by atoms with Crippen LogP contribution < -0.4 is 0 Å². The molecule has 92 valence electrons. The van der Waals surface area contributed by atoms with Gasteiger partial charge in [-0.3, -0.25) is 0 Å². The van der Waals surface area contributed by atoms with Gasteiger partial charge in [0.1, 0.15) is 0 Å². The Kier molecular flexibility index (Phi) is 4.85. The van der Waals surface area contributed by atoms with Crippen LogP contribution in [0.3, 0.4) is 0 Å². The van der Waals surface area contributed by atoms with Crippen molar-refractivity contribution in [3.8, 4) is 0 Å². The first-order valence-electron chi connectivity index (χ1n) is 5.79. The molecule has 0 saturated heterocycles. The van der Waals surface area contributed by atoms with E-state index in [1.165, 1.54) is 17.3 Å². The first kappa shape index (κ1) is 12.7. The van der Waals surface area contributed by atoms with Crippen LogP contribution in [0, 0.1) is 0 Å². The average molecular weight is 257 g/mol. The Hall–Kier alpha value is -1.74. The molecule has 2 aromatic carbocycles. The Bertz CT molecular complexity index is 445. The van der Waals surface area contributed by atoms with Crippen molar-refractivity contribution < 1.29 is 5.21 Å². The number of benzene rings is 2. The normalized spacial score (nSPS) is 11.2. The van der Waals surface area contributed by atoms with Crippen molar-refractivity contribution in [2.45, 2.75) is 5.25 Å². The molecule has 18 heavy (non-hydrogen) atoms. The quantitative estimate of drug-likeness (QED) is 0.499. The monoisotopic (exact) mass is 257 g/mol. The third kappa shape index (κ3) is 3.37. The molecule has 0 spiro atoms. The molecule has 0 atom stereocenters. The highest BCUT2D eigenvalue weighted by molar-refractivity contribution is 8.00. The van der Waals surface area contributed by atoms with Crippen molar-refractivity contribution in [2.24, 2.45) is 5.16 Å². The fraction of sp³-hybridized carbons (Fsp3) is 0.133. The number of oxime groups is 1. The second-order valence-corrected chi connectivity index (χ2v) is 4.97. The fourth-order valence-electron chi connectivity index (χ4n) is 1.81. The lowest BCUT2D eigenvalue weighted by Crippen LogP contribution is -1.98. The second-order valence-electron chi connectivity index (χ2n) is 3.83. The molecule has 0 aliphatic carbocycles. The van der Waals surface area contributed by atoms with E-state index in [4.69, 9.17) is 5.21 Å². The zero-order chi connectivity index (χ0) is 12.6. The van der Waals surface area contributed by atoms with Gasteiger partial charge in [-0.25, -0.2) is 0 Å². The molecule has 0 aliphatic rings. The van der Waals surface area contributed by atoms with Gasteiger partial charge in [-0.15, -0.1) is 16.9 Å². The molecule has 2 nitrogen and oxygen atoms in total. The lowest BCUT2D eigenvalue weighted by Gasteiger charge is -2.16. The minimum atomic E-state index is 0.269. The highest BCUT2D eigenvalue weighted by Gasteiger charge is 2.13. The SMILES string of the molecule is O/N=C/CSC(c1ccccc1)c1ccccc1. The van der Waals surface area contributed by atoms with Crippen LogP contribution in [0.1, 0.15) is 16.4 Å². The van der Waals surface area contributed by atoms with Crippen molar-refractivity contribution >= 4 is 18.0 Å². The largest absolute Gasteiger partial charge is 0.411 e. The van der Waals surface area contributed by atoms with Crippen LogP contribution in [0.4, 0.5) is 0 Å². The Morgan fingerprint density at radius 3 is 1.89 bits per heavy atom. The Balaban J connectivity index is 2.23. The summed E-state index contributed by atoms with van der Waals surface area (Å²) in [7, 11) is 0. The van der Waals surface area contributed by atoms with Gasteiger partial charge >= 0.3 is 0 Å². The summed E-state index contributed by atoms with van der Waals surface area (Å²) in [6.45, 7) is 0. The number of hydrogen-bond acceptors (Lipinski definition) is 3. The van der Waals surface area contributed by atoms with Crippen LogP contribution >= 0.6 is 11.8 Å². The lowest BCUT2D eigenvalue weighted by atomic mass is 10.0. The van der Waals surface area contributed by atoms with Crippen molar-refractivity contribution in [1.82, 2.24) is 0 Å². The van der Waals surface area contributed by atoms with Gasteiger partial charge in [-0.1, -0.05) is 60.7 Å². The zero-order valence-electron chi connectivity index (χ0n) is 9.94. The van der Waals surface area contributed by atoms with Gasteiger partial charge < -0.3 is 5.21 Å². The standard InChI is InChI=1S/C15H15NOS/c17-16-11-12-18-15(13-7-3-1-4-8-13)14-9-5-2-6-10-14/h1-11,15,17H,12H2/b16-11+. The molecule has 0 bridgehead atoms. The fourth-order valence-corrected chi connectivity index (χ4v) is 2.86. The van der Waals surface area contributed by atoms with Crippen LogP contribution in [-0.4, -0.2) is 17.2 Å². The summed E-state index contributed by atoms with van der Waals surface area (Å²) in [6, 6.07) is 20.7. The summed E-state index contributed by atoms with van der Waals surface area (Å²) in [4.78, 5) is 0. The maximum Gasteiger partial charge on any atom is 0.0550 e. The van der Waals surface area contributed by atoms with E-state index in [2.05, 4.69) is 29.4 Å². The number of nitrogens with zero attached hydrogens (tertiary/aromatic N) is 1. The molecule has 0 fully saturated rings. The Labute approximate surface area is 111 Å². The molecule has 0 saturated carbocycles. The molecule has 0 aromatic heterocycles. The molecule has 1 N–H and O–H groups in total. The van der Waals surface area contributed by atoms with E-state index < -0.39 is 0 Å². The molecular weight excluding hydrogens is 242 g/mol. The van der Waals surface area contributed by atoms with Crippen molar-refractivity contribution in [3.05, 3.63) is 71.8 Å². The number of hydrogen-bond donors (Lipinski definition) is 1. The summed E-state index contributed by atoms with van der Waals surface area (Å²) < 4.78 is 0. The predicted molar refractivity (Wildman–Crippen MR) is 77.5 cm³/mol. The van der Waals surface area contributed by atoms with Gasteiger partial charge in [0.25, 0.3) is 0 Å². The van der Waals surface area contributed by atoms with E-state index in [0.29, 0.717) is 5.75 Å². The minimum absolute atomic E-state index is 0.269. The molecule has 0 amide bonds. The van der Waals surface area contributed by atoms with Gasteiger partial charge in [0, 0.05) is 5.75 Å².